The second-order valence-electron chi connectivity index (χ2n) is 7.59. The number of anilines is 1. The molecule has 162 valence electrons. The maximum Gasteiger partial charge on any atom is 0.416 e. The molecule has 1 aliphatic heterocycles. The Bertz CT molecular complexity index is 1190. The van der Waals surface area contributed by atoms with Gasteiger partial charge in [0, 0.05) is 13.6 Å². The summed E-state index contributed by atoms with van der Waals surface area (Å²) < 4.78 is 41.0. The van der Waals surface area contributed by atoms with Gasteiger partial charge in [0.25, 0.3) is 0 Å². The second kappa shape index (κ2) is 7.29. The Morgan fingerprint density at radius 2 is 2.00 bits per heavy atom. The molecule has 2 heterocycles. The molecule has 0 saturated carbocycles. The Labute approximate surface area is 175 Å². The first-order valence-electron chi connectivity index (χ1n) is 9.57. The van der Waals surface area contributed by atoms with Gasteiger partial charge in [-0.25, -0.2) is 14.3 Å². The molecule has 1 unspecified atom stereocenters. The van der Waals surface area contributed by atoms with Crippen LogP contribution in [0.5, 0.6) is 0 Å². The third-order valence-electron chi connectivity index (χ3n) is 5.40. The van der Waals surface area contributed by atoms with Gasteiger partial charge in [-0.2, -0.15) is 13.2 Å². The summed E-state index contributed by atoms with van der Waals surface area (Å²) in [4.78, 5) is 29.1. The van der Waals surface area contributed by atoms with E-state index in [2.05, 4.69) is 20.9 Å². The number of aromatic nitrogens is 2. The van der Waals surface area contributed by atoms with Crippen molar-refractivity contribution in [1.82, 2.24) is 20.2 Å². The predicted molar refractivity (Wildman–Crippen MR) is 109 cm³/mol. The number of carbonyl (C=O) groups excluding carboxylic acids is 2. The van der Waals surface area contributed by atoms with E-state index in [0.29, 0.717) is 22.2 Å². The van der Waals surface area contributed by atoms with Gasteiger partial charge in [-0.15, -0.1) is 0 Å². The Morgan fingerprint density at radius 3 is 2.71 bits per heavy atom. The number of hydrogen-bond donors (Lipinski definition) is 3. The molecule has 0 aliphatic carbocycles. The van der Waals surface area contributed by atoms with E-state index in [1.165, 1.54) is 17.7 Å². The largest absolute Gasteiger partial charge is 0.416 e. The van der Waals surface area contributed by atoms with Crippen LogP contribution in [0.3, 0.4) is 0 Å². The van der Waals surface area contributed by atoms with Gasteiger partial charge in [-0.05, 0) is 36.2 Å². The zero-order chi connectivity index (χ0) is 22.4. The smallest absolute Gasteiger partial charge is 0.345 e. The van der Waals surface area contributed by atoms with Crippen molar-refractivity contribution in [2.75, 3.05) is 12.4 Å². The molecule has 2 aromatic carbocycles. The van der Waals surface area contributed by atoms with Gasteiger partial charge >= 0.3 is 12.2 Å². The second-order valence-corrected chi connectivity index (χ2v) is 7.59. The van der Waals surface area contributed by atoms with Crippen molar-refractivity contribution < 1.29 is 22.8 Å². The van der Waals surface area contributed by atoms with E-state index < -0.39 is 17.3 Å². The van der Waals surface area contributed by atoms with Crippen molar-refractivity contribution in [2.45, 2.75) is 31.6 Å². The highest BCUT2D eigenvalue weighted by molar-refractivity contribution is 5.97. The van der Waals surface area contributed by atoms with Crippen LogP contribution in [0.15, 0.2) is 42.5 Å². The maximum atomic E-state index is 13.2. The Morgan fingerprint density at radius 1 is 1.26 bits per heavy atom. The highest BCUT2D eigenvalue weighted by Crippen LogP contribution is 2.39. The molecule has 7 nitrogen and oxygen atoms in total. The van der Waals surface area contributed by atoms with Crippen molar-refractivity contribution >= 4 is 28.9 Å². The molecule has 3 N–H and O–H groups in total. The highest BCUT2D eigenvalue weighted by Gasteiger charge is 2.39. The van der Waals surface area contributed by atoms with Gasteiger partial charge in [-0.1, -0.05) is 24.3 Å². The van der Waals surface area contributed by atoms with Crippen molar-refractivity contribution in [2.24, 2.45) is 0 Å². The zero-order valence-corrected chi connectivity index (χ0v) is 16.8. The quantitative estimate of drug-likeness (QED) is 0.588. The Balaban J connectivity index is 1.74. The zero-order valence-electron chi connectivity index (χ0n) is 16.8. The van der Waals surface area contributed by atoms with Crippen molar-refractivity contribution in [3.8, 4) is 0 Å². The molecule has 1 aromatic heterocycles. The van der Waals surface area contributed by atoms with Gasteiger partial charge in [0.1, 0.15) is 0 Å². The van der Waals surface area contributed by atoms with Gasteiger partial charge in [0.2, 0.25) is 11.9 Å². The molecule has 1 atom stereocenters. The number of nitrogens with one attached hydrogen (secondary N) is 3. The number of benzene rings is 2. The minimum atomic E-state index is -4.48. The van der Waals surface area contributed by atoms with Gasteiger partial charge < -0.3 is 16.0 Å². The molecule has 4 rings (SSSR count). The van der Waals surface area contributed by atoms with Crippen molar-refractivity contribution in [3.05, 3.63) is 59.2 Å². The average Bonchev–Trinajstić information content (AvgIpc) is 3.10. The SMILES string of the molecule is CNC(=O)NCc1cccc2c1nc1n2C(=O)CC(C)(c2cccc(C(F)(F)F)c2)N1. The van der Waals surface area contributed by atoms with E-state index in [0.717, 1.165) is 12.1 Å². The summed E-state index contributed by atoms with van der Waals surface area (Å²) in [6.07, 6.45) is -4.53. The number of fused-ring (bicyclic) bond motifs is 3. The first kappa shape index (κ1) is 20.7. The van der Waals surface area contributed by atoms with E-state index in [-0.39, 0.29) is 30.9 Å². The summed E-state index contributed by atoms with van der Waals surface area (Å²) in [7, 11) is 1.50. The fourth-order valence-electron chi connectivity index (χ4n) is 3.79. The number of rotatable bonds is 3. The Kier molecular flexibility index (Phi) is 4.87. The fraction of sp³-hybridized carbons (Fsp3) is 0.286. The van der Waals surface area contributed by atoms with E-state index in [1.54, 1.807) is 31.2 Å². The number of nitrogens with zero attached hydrogens (tertiary/aromatic N) is 2. The van der Waals surface area contributed by atoms with Crippen molar-refractivity contribution in [3.63, 3.8) is 0 Å². The van der Waals surface area contributed by atoms with E-state index in [1.807, 2.05) is 0 Å². The number of hydrogen-bond acceptors (Lipinski definition) is 4. The van der Waals surface area contributed by atoms with Crippen LogP contribution in [0.4, 0.5) is 23.9 Å². The summed E-state index contributed by atoms with van der Waals surface area (Å²) in [5.74, 6) is -0.0360. The minimum absolute atomic E-state index is 0.0481. The van der Waals surface area contributed by atoms with E-state index in [9.17, 15) is 22.8 Å². The molecule has 0 spiro atoms. The first-order chi connectivity index (χ1) is 14.6. The van der Waals surface area contributed by atoms with Crippen LogP contribution in [0.25, 0.3) is 11.0 Å². The molecule has 1 aliphatic rings. The standard InChI is InChI=1S/C21H20F3N5O2/c1-20(13-6-4-7-14(9-13)21(22,23)24)10-16(30)29-15-8-3-5-12(11-26-19(31)25-2)17(15)27-18(29)28-20/h3-9H,10-11H2,1-2H3,(H,27,28)(H2,25,26,31). The average molecular weight is 431 g/mol. The highest BCUT2D eigenvalue weighted by atomic mass is 19.4. The number of amides is 2. The number of alkyl halides is 3. The normalized spacial score (nSPS) is 18.4. The molecule has 3 aromatic rings. The number of para-hydroxylation sites is 1. The monoisotopic (exact) mass is 431 g/mol. The number of halogens is 3. The van der Waals surface area contributed by atoms with Gasteiger partial charge in [0.15, 0.2) is 0 Å². The minimum Gasteiger partial charge on any atom is -0.345 e. The lowest BCUT2D eigenvalue weighted by atomic mass is 9.86. The molecule has 2 amide bonds. The predicted octanol–water partition coefficient (Wildman–Crippen LogP) is 3.86. The van der Waals surface area contributed by atoms with E-state index >= 15 is 0 Å². The van der Waals surface area contributed by atoms with Crippen LogP contribution in [0.1, 0.15) is 34.8 Å². The molecule has 0 bridgehead atoms. The molecule has 0 saturated heterocycles. The molecule has 31 heavy (non-hydrogen) atoms. The third-order valence-corrected chi connectivity index (χ3v) is 5.40. The lowest BCUT2D eigenvalue weighted by molar-refractivity contribution is -0.137. The molecular weight excluding hydrogens is 411 g/mol. The van der Waals surface area contributed by atoms with Crippen LogP contribution >= 0.6 is 0 Å². The first-order valence-corrected chi connectivity index (χ1v) is 9.57. The third kappa shape index (κ3) is 3.69. The van der Waals surface area contributed by atoms with Crippen LogP contribution in [-0.4, -0.2) is 28.5 Å². The maximum absolute atomic E-state index is 13.2. The number of imidazole rings is 1. The summed E-state index contributed by atoms with van der Waals surface area (Å²) >= 11 is 0. The van der Waals surface area contributed by atoms with Gasteiger partial charge in [0.05, 0.1) is 28.6 Å². The molecule has 10 heteroatoms. The van der Waals surface area contributed by atoms with Crippen LogP contribution < -0.4 is 16.0 Å². The molecule has 0 radical (unpaired) electrons. The van der Waals surface area contributed by atoms with Crippen molar-refractivity contribution in [1.29, 1.82) is 0 Å². The van der Waals surface area contributed by atoms with Gasteiger partial charge in [-0.3, -0.25) is 4.79 Å². The van der Waals surface area contributed by atoms with Crippen LogP contribution in [0, 0.1) is 0 Å². The summed E-state index contributed by atoms with van der Waals surface area (Å²) in [5.41, 5.74) is 0.310. The number of carbonyl (C=O) groups is 2. The summed E-state index contributed by atoms with van der Waals surface area (Å²) in [5, 5.41) is 8.30. The van der Waals surface area contributed by atoms with E-state index in [4.69, 9.17) is 0 Å². The summed E-state index contributed by atoms with van der Waals surface area (Å²) in [6, 6.07) is 9.87. The van der Waals surface area contributed by atoms with Crippen LogP contribution in [0.2, 0.25) is 0 Å². The topological polar surface area (TPSA) is 88.1 Å². The lowest BCUT2D eigenvalue weighted by Gasteiger charge is -2.35. The molecule has 0 fully saturated rings. The fourth-order valence-corrected chi connectivity index (χ4v) is 3.79. The Hall–Kier alpha value is -3.56. The summed E-state index contributed by atoms with van der Waals surface area (Å²) in [6.45, 7) is 1.88. The number of urea groups is 1. The molecular formula is C21H20F3N5O2. The lowest BCUT2D eigenvalue weighted by Crippen LogP contribution is -2.41. The van der Waals surface area contributed by atoms with Crippen LogP contribution in [-0.2, 0) is 18.3 Å².